The topological polar surface area (TPSA) is 18.5 Å². The van der Waals surface area contributed by atoms with Crippen LogP contribution in [0.1, 0.15) is 68.2 Å². The van der Waals surface area contributed by atoms with Crippen LogP contribution in [0.3, 0.4) is 0 Å². The Morgan fingerprint density at radius 1 is 0.500 bits per heavy atom. The fourth-order valence-corrected chi connectivity index (χ4v) is 16.4. The molecule has 0 fully saturated rings. The Morgan fingerprint density at radius 3 is 1.18 bits per heavy atom. The van der Waals surface area contributed by atoms with Gasteiger partial charge in [0.05, 0.1) is 12.2 Å². The zero-order chi connectivity index (χ0) is 36.1. The highest BCUT2D eigenvalue weighted by molar-refractivity contribution is 7.00. The van der Waals surface area contributed by atoms with E-state index in [1.807, 2.05) is 6.92 Å². The lowest BCUT2D eigenvalue weighted by molar-refractivity contribution is 0.229. The van der Waals surface area contributed by atoms with Gasteiger partial charge in [-0.05, 0) is 50.6 Å². The normalized spacial score (nSPS) is 14.6. The number of allylic oxidation sites excluding steroid dienone is 5. The minimum atomic E-state index is -2.72. The molecule has 2 nitrogen and oxygen atoms in total. The maximum Gasteiger partial charge on any atom is 0.261 e. The lowest BCUT2D eigenvalue weighted by Gasteiger charge is -2.44. The zero-order valence-corrected chi connectivity index (χ0v) is 33.6. The molecule has 0 bridgehead atoms. The van der Waals surface area contributed by atoms with E-state index in [4.69, 9.17) is 8.85 Å². The SMILES string of the molecule is C/C=C/C=C/[C@@H](C/C=C\C=C\[C@@H](CC)O[Si](c1ccccc1)(c1ccccc1)C(C)(C)C)O[Si](c1ccccc1)(c1ccccc1)C(C)(C)C. The van der Waals surface area contributed by atoms with Crippen molar-refractivity contribution in [2.45, 2.75) is 90.5 Å². The molecule has 0 aliphatic carbocycles. The number of hydrogen-bond donors (Lipinski definition) is 0. The first kappa shape index (κ1) is 39.0. The molecule has 262 valence electrons. The van der Waals surface area contributed by atoms with Gasteiger partial charge >= 0.3 is 0 Å². The molecular formula is C46H58O2Si2. The highest BCUT2D eigenvalue weighted by Gasteiger charge is 2.52. The van der Waals surface area contributed by atoms with Gasteiger partial charge < -0.3 is 8.85 Å². The monoisotopic (exact) mass is 698 g/mol. The van der Waals surface area contributed by atoms with E-state index in [0.717, 1.165) is 12.8 Å². The van der Waals surface area contributed by atoms with Crippen molar-refractivity contribution >= 4 is 37.4 Å². The third-order valence-electron chi connectivity index (χ3n) is 9.46. The van der Waals surface area contributed by atoms with Crippen LogP contribution in [0.2, 0.25) is 10.1 Å². The van der Waals surface area contributed by atoms with E-state index < -0.39 is 16.6 Å². The van der Waals surface area contributed by atoms with Crippen molar-refractivity contribution < 1.29 is 8.85 Å². The van der Waals surface area contributed by atoms with E-state index in [1.165, 1.54) is 20.7 Å². The summed E-state index contributed by atoms with van der Waals surface area (Å²) in [4.78, 5) is 0. The number of benzene rings is 4. The number of hydrogen-bond acceptors (Lipinski definition) is 2. The minimum absolute atomic E-state index is 0.0234. The standard InChI is InChI=1S/C46H58O2Si2/c1-9-11-17-29-40(48-50(46(6,7)8,43-35-24-15-25-36-43)44-37-26-16-27-38-44)30-19-12-18-28-39(10-2)47-49(45(3,4)5,41-31-20-13-21-32-41)42-33-22-14-23-34-42/h9,11-29,31-40H,10,30H2,1-8H3/b11-9+,19-12-,28-18+,29-17+/t39-,40+/m1/s1. The molecule has 0 unspecified atom stereocenters. The van der Waals surface area contributed by atoms with Crippen molar-refractivity contribution in [3.8, 4) is 0 Å². The molecule has 4 rings (SSSR count). The maximum absolute atomic E-state index is 7.50. The van der Waals surface area contributed by atoms with Crippen LogP contribution < -0.4 is 20.7 Å². The lowest BCUT2D eigenvalue weighted by atomic mass is 10.2. The van der Waals surface area contributed by atoms with E-state index in [1.54, 1.807) is 0 Å². The fraction of sp³-hybridized carbons (Fsp3) is 0.304. The van der Waals surface area contributed by atoms with Gasteiger partial charge in [-0.15, -0.1) is 0 Å². The molecule has 4 heteroatoms. The van der Waals surface area contributed by atoms with Crippen molar-refractivity contribution in [2.75, 3.05) is 0 Å². The van der Waals surface area contributed by atoms with Crippen LogP contribution in [-0.2, 0) is 8.85 Å². The van der Waals surface area contributed by atoms with Gasteiger partial charge in [0.1, 0.15) is 0 Å². The van der Waals surface area contributed by atoms with Gasteiger partial charge in [0.25, 0.3) is 16.6 Å². The summed E-state index contributed by atoms with van der Waals surface area (Å²) in [7, 11) is -5.37. The van der Waals surface area contributed by atoms with Crippen LogP contribution in [0.4, 0.5) is 0 Å². The fourth-order valence-electron chi connectivity index (χ4n) is 7.04. The van der Waals surface area contributed by atoms with Crippen LogP contribution in [0, 0.1) is 0 Å². The molecule has 0 spiro atoms. The van der Waals surface area contributed by atoms with Gasteiger partial charge in [-0.2, -0.15) is 0 Å². The molecular weight excluding hydrogens is 641 g/mol. The first-order valence-electron chi connectivity index (χ1n) is 18.2. The molecule has 50 heavy (non-hydrogen) atoms. The van der Waals surface area contributed by atoms with Crippen molar-refractivity contribution in [3.63, 3.8) is 0 Å². The molecule has 0 saturated heterocycles. The quantitative estimate of drug-likeness (QED) is 0.0909. The van der Waals surface area contributed by atoms with E-state index in [0.29, 0.717) is 0 Å². The van der Waals surface area contributed by atoms with Crippen LogP contribution in [-0.4, -0.2) is 28.8 Å². The highest BCUT2D eigenvalue weighted by Crippen LogP contribution is 2.39. The van der Waals surface area contributed by atoms with Crippen LogP contribution in [0.15, 0.2) is 170 Å². The van der Waals surface area contributed by atoms with Gasteiger partial charge in [-0.3, -0.25) is 0 Å². The molecule has 4 aromatic carbocycles. The summed E-state index contributed by atoms with van der Waals surface area (Å²) in [6, 6.07) is 43.6. The summed E-state index contributed by atoms with van der Waals surface area (Å²) in [5.41, 5.74) is 0. The van der Waals surface area contributed by atoms with Gasteiger partial charge in [-0.1, -0.05) is 218 Å². The summed E-state index contributed by atoms with van der Waals surface area (Å²) < 4.78 is 14.9. The first-order valence-corrected chi connectivity index (χ1v) is 22.0. The summed E-state index contributed by atoms with van der Waals surface area (Å²) in [5.74, 6) is 0. The molecule has 0 saturated carbocycles. The Labute approximate surface area is 305 Å². The third-order valence-corrected chi connectivity index (χ3v) is 19.6. The zero-order valence-electron chi connectivity index (χ0n) is 31.6. The number of rotatable bonds is 15. The molecule has 2 atom stereocenters. The van der Waals surface area contributed by atoms with Crippen LogP contribution in [0.5, 0.6) is 0 Å². The molecule has 0 amide bonds. The molecule has 0 N–H and O–H groups in total. The molecule has 0 aliphatic heterocycles. The van der Waals surface area contributed by atoms with Crippen molar-refractivity contribution in [3.05, 3.63) is 170 Å². The van der Waals surface area contributed by atoms with Gasteiger partial charge in [0, 0.05) is 0 Å². The minimum Gasteiger partial charge on any atom is -0.401 e. The molecule has 4 aromatic rings. The average Bonchev–Trinajstić information content (AvgIpc) is 3.12. The van der Waals surface area contributed by atoms with Crippen molar-refractivity contribution in [1.29, 1.82) is 0 Å². The summed E-state index contributed by atoms with van der Waals surface area (Å²) in [5, 5.41) is 5.02. The summed E-state index contributed by atoms with van der Waals surface area (Å²) in [6.07, 6.45) is 18.8. The van der Waals surface area contributed by atoms with E-state index in [9.17, 15) is 0 Å². The lowest BCUT2D eigenvalue weighted by Crippen LogP contribution is -2.67. The van der Waals surface area contributed by atoms with E-state index >= 15 is 0 Å². The highest BCUT2D eigenvalue weighted by atomic mass is 28.4. The molecule has 0 aliphatic rings. The summed E-state index contributed by atoms with van der Waals surface area (Å²) in [6.45, 7) is 18.3. The molecule has 0 radical (unpaired) electrons. The van der Waals surface area contributed by atoms with Crippen LogP contribution >= 0.6 is 0 Å². The Hall–Kier alpha value is -3.81. The third kappa shape index (κ3) is 9.10. The predicted octanol–water partition coefficient (Wildman–Crippen LogP) is 9.92. The maximum atomic E-state index is 7.50. The van der Waals surface area contributed by atoms with Gasteiger partial charge in [0.15, 0.2) is 0 Å². The van der Waals surface area contributed by atoms with E-state index in [-0.39, 0.29) is 22.3 Å². The predicted molar refractivity (Wildman–Crippen MR) is 222 cm³/mol. The Morgan fingerprint density at radius 2 is 0.840 bits per heavy atom. The second-order valence-corrected chi connectivity index (χ2v) is 23.5. The smallest absolute Gasteiger partial charge is 0.261 e. The van der Waals surface area contributed by atoms with Crippen LogP contribution in [0.25, 0.3) is 0 Å². The van der Waals surface area contributed by atoms with Gasteiger partial charge in [0.2, 0.25) is 0 Å². The average molecular weight is 699 g/mol. The Balaban J connectivity index is 1.64. The first-order chi connectivity index (χ1) is 24.0. The summed E-state index contributed by atoms with van der Waals surface area (Å²) >= 11 is 0. The van der Waals surface area contributed by atoms with E-state index in [2.05, 4.69) is 218 Å². The molecule has 0 heterocycles. The Kier molecular flexibility index (Phi) is 14.0. The largest absolute Gasteiger partial charge is 0.401 e. The second kappa shape index (κ2) is 17.9. The second-order valence-electron chi connectivity index (χ2n) is 15.0. The van der Waals surface area contributed by atoms with Crippen molar-refractivity contribution in [1.82, 2.24) is 0 Å². The Bertz CT molecular complexity index is 1600. The molecule has 0 aromatic heterocycles. The van der Waals surface area contributed by atoms with Gasteiger partial charge in [-0.25, -0.2) is 0 Å². The van der Waals surface area contributed by atoms with Crippen molar-refractivity contribution in [2.24, 2.45) is 0 Å².